The third kappa shape index (κ3) is 6.30. The largest absolute Gasteiger partial charge is 0.374 e. The normalized spacial score (nSPS) is 14.5. The number of nitro benzene ring substituents is 1. The van der Waals surface area contributed by atoms with Crippen molar-refractivity contribution in [3.8, 4) is 0 Å². The van der Waals surface area contributed by atoms with Crippen molar-refractivity contribution >= 4 is 27.7 Å². The molecule has 0 atom stereocenters. The van der Waals surface area contributed by atoms with Gasteiger partial charge in [-0.05, 0) is 36.4 Å². The number of rotatable bonds is 8. The quantitative estimate of drug-likeness (QED) is 0.317. The molecule has 9 nitrogen and oxygen atoms in total. The number of nitro groups is 1. The van der Waals surface area contributed by atoms with Crippen LogP contribution in [0.3, 0.4) is 0 Å². The molecule has 0 aliphatic carbocycles. The summed E-state index contributed by atoms with van der Waals surface area (Å²) < 4.78 is 30.1. The van der Waals surface area contributed by atoms with Crippen molar-refractivity contribution in [3.05, 3.63) is 58.3 Å². The molecule has 0 amide bonds. The predicted molar refractivity (Wildman–Crippen MR) is 99.8 cm³/mol. The maximum atomic E-state index is 10.7. The molecule has 1 aromatic carbocycles. The Bertz CT molecular complexity index is 831. The lowest BCUT2D eigenvalue weighted by molar-refractivity contribution is -0.384. The second-order valence-electron chi connectivity index (χ2n) is 5.70. The van der Waals surface area contributed by atoms with Crippen LogP contribution in [0.15, 0.2) is 53.3 Å². The van der Waals surface area contributed by atoms with Crippen molar-refractivity contribution in [2.45, 2.75) is 6.42 Å². The zero-order valence-electron chi connectivity index (χ0n) is 14.2. The van der Waals surface area contributed by atoms with Gasteiger partial charge in [0.25, 0.3) is 15.8 Å². The highest BCUT2D eigenvalue weighted by Gasteiger charge is 2.08. The van der Waals surface area contributed by atoms with Crippen LogP contribution in [-0.2, 0) is 10.1 Å². The fraction of sp³-hybridized carbons (Fsp3) is 0.312. The van der Waals surface area contributed by atoms with Crippen LogP contribution < -0.4 is 5.01 Å². The Balaban J connectivity index is 1.85. The van der Waals surface area contributed by atoms with Crippen LogP contribution in [0.1, 0.15) is 6.42 Å². The van der Waals surface area contributed by atoms with Crippen molar-refractivity contribution in [2.75, 3.05) is 30.9 Å². The summed E-state index contributed by atoms with van der Waals surface area (Å²) in [5, 5.41) is 16.6. The zero-order valence-corrected chi connectivity index (χ0v) is 15.0. The van der Waals surface area contributed by atoms with Gasteiger partial charge in [-0.15, -0.1) is 0 Å². The highest BCUT2D eigenvalue weighted by Crippen LogP contribution is 2.18. The molecule has 0 spiro atoms. The first kappa shape index (κ1) is 19.6. The molecule has 1 N–H and O–H groups in total. The molecule has 0 saturated heterocycles. The van der Waals surface area contributed by atoms with Crippen LogP contribution in [-0.4, -0.2) is 54.9 Å². The standard InChI is InChI=1S/C16H20N4O5S/c1-18(15-3-5-16(6-4-15)20(21)22)17-13-14-7-10-19(11-8-14)9-2-12-26(23,24)25/h3-8,10,13H,2,9,11-12H2,1H3,(H,23,24,25). The van der Waals surface area contributed by atoms with Crippen LogP contribution in [0.4, 0.5) is 11.4 Å². The zero-order chi connectivity index (χ0) is 19.2. The molecule has 0 unspecified atom stereocenters. The summed E-state index contributed by atoms with van der Waals surface area (Å²) >= 11 is 0. The molecule has 10 heteroatoms. The van der Waals surface area contributed by atoms with E-state index in [1.54, 1.807) is 30.4 Å². The Morgan fingerprint density at radius 1 is 1.38 bits per heavy atom. The van der Waals surface area contributed by atoms with E-state index in [1.165, 1.54) is 12.1 Å². The number of benzene rings is 1. The molecular formula is C16H20N4O5S. The van der Waals surface area contributed by atoms with Gasteiger partial charge in [-0.1, -0.05) is 6.08 Å². The molecule has 0 aromatic heterocycles. The maximum absolute atomic E-state index is 10.7. The van der Waals surface area contributed by atoms with E-state index < -0.39 is 15.0 Å². The first-order valence-electron chi connectivity index (χ1n) is 7.84. The summed E-state index contributed by atoms with van der Waals surface area (Å²) in [4.78, 5) is 12.1. The van der Waals surface area contributed by atoms with Gasteiger partial charge in [0.1, 0.15) is 0 Å². The first-order chi connectivity index (χ1) is 12.2. The molecule has 2 rings (SSSR count). The average Bonchev–Trinajstić information content (AvgIpc) is 2.60. The summed E-state index contributed by atoms with van der Waals surface area (Å²) in [6.45, 7) is 1.14. The maximum Gasteiger partial charge on any atom is 0.269 e. The van der Waals surface area contributed by atoms with Gasteiger partial charge in [0.2, 0.25) is 0 Å². The first-order valence-corrected chi connectivity index (χ1v) is 9.45. The molecule has 140 valence electrons. The lowest BCUT2D eigenvalue weighted by Gasteiger charge is -2.21. The number of allylic oxidation sites excluding steroid dienone is 2. The second kappa shape index (κ2) is 8.59. The van der Waals surface area contributed by atoms with Gasteiger partial charge in [-0.2, -0.15) is 13.5 Å². The predicted octanol–water partition coefficient (Wildman–Crippen LogP) is 2.05. The van der Waals surface area contributed by atoms with Crippen molar-refractivity contribution in [1.29, 1.82) is 0 Å². The van der Waals surface area contributed by atoms with E-state index >= 15 is 0 Å². The minimum Gasteiger partial charge on any atom is -0.374 e. The molecule has 1 heterocycles. The third-order valence-corrected chi connectivity index (χ3v) is 4.51. The number of hydrogen-bond donors (Lipinski definition) is 1. The average molecular weight is 380 g/mol. The molecule has 26 heavy (non-hydrogen) atoms. The lowest BCUT2D eigenvalue weighted by Crippen LogP contribution is -2.23. The van der Waals surface area contributed by atoms with Crippen LogP contribution in [0, 0.1) is 10.1 Å². The number of non-ortho nitro benzene ring substituents is 1. The number of nitrogens with zero attached hydrogens (tertiary/aromatic N) is 4. The summed E-state index contributed by atoms with van der Waals surface area (Å²) in [6, 6.07) is 6.09. The number of hydrazone groups is 1. The Labute approximate surface area is 151 Å². The summed E-state index contributed by atoms with van der Waals surface area (Å²) in [6.07, 6.45) is 7.67. The molecule has 0 saturated carbocycles. The SMILES string of the molecule is CN(N=CC1=CCN(CCCS(=O)(=O)O)C=C1)c1ccc([N+](=O)[O-])cc1. The smallest absolute Gasteiger partial charge is 0.269 e. The van der Waals surface area contributed by atoms with Gasteiger partial charge < -0.3 is 4.90 Å². The fourth-order valence-corrected chi connectivity index (χ4v) is 2.76. The number of anilines is 1. The minimum absolute atomic E-state index is 0.0261. The summed E-state index contributed by atoms with van der Waals surface area (Å²) in [5.41, 5.74) is 1.64. The van der Waals surface area contributed by atoms with Crippen LogP contribution >= 0.6 is 0 Å². The third-order valence-electron chi connectivity index (χ3n) is 3.70. The van der Waals surface area contributed by atoms with E-state index in [-0.39, 0.29) is 11.4 Å². The molecule has 1 aromatic rings. The van der Waals surface area contributed by atoms with E-state index in [9.17, 15) is 18.5 Å². The summed E-state index contributed by atoms with van der Waals surface area (Å²) in [5.74, 6) is -0.255. The van der Waals surface area contributed by atoms with Gasteiger partial charge in [0.15, 0.2) is 0 Å². The van der Waals surface area contributed by atoms with E-state index in [4.69, 9.17) is 4.55 Å². The molecule has 0 bridgehead atoms. The Hall–Kier alpha value is -2.72. The van der Waals surface area contributed by atoms with E-state index in [0.29, 0.717) is 19.5 Å². The highest BCUT2D eigenvalue weighted by atomic mass is 32.2. The Kier molecular flexibility index (Phi) is 6.47. The van der Waals surface area contributed by atoms with E-state index in [1.807, 2.05) is 23.3 Å². The summed E-state index contributed by atoms with van der Waals surface area (Å²) in [7, 11) is -2.18. The minimum atomic E-state index is -3.92. The van der Waals surface area contributed by atoms with Gasteiger partial charge in [0, 0.05) is 32.3 Å². The van der Waals surface area contributed by atoms with Crippen LogP contribution in [0.25, 0.3) is 0 Å². The van der Waals surface area contributed by atoms with Crippen LogP contribution in [0.2, 0.25) is 0 Å². The van der Waals surface area contributed by atoms with Crippen molar-refractivity contribution in [1.82, 2.24) is 4.90 Å². The van der Waals surface area contributed by atoms with Crippen molar-refractivity contribution in [3.63, 3.8) is 0 Å². The van der Waals surface area contributed by atoms with E-state index in [0.717, 1.165) is 11.3 Å². The Morgan fingerprint density at radius 3 is 2.62 bits per heavy atom. The Morgan fingerprint density at radius 2 is 2.08 bits per heavy atom. The van der Waals surface area contributed by atoms with Gasteiger partial charge in [-0.3, -0.25) is 19.7 Å². The van der Waals surface area contributed by atoms with Crippen molar-refractivity contribution < 1.29 is 17.9 Å². The molecule has 0 radical (unpaired) electrons. The monoisotopic (exact) mass is 380 g/mol. The van der Waals surface area contributed by atoms with Gasteiger partial charge in [-0.25, -0.2) is 0 Å². The second-order valence-corrected chi connectivity index (χ2v) is 7.27. The molecule has 1 aliphatic heterocycles. The topological polar surface area (TPSA) is 116 Å². The van der Waals surface area contributed by atoms with Gasteiger partial charge >= 0.3 is 0 Å². The lowest BCUT2D eigenvalue weighted by atomic mass is 10.2. The molecule has 0 fully saturated rings. The van der Waals surface area contributed by atoms with Gasteiger partial charge in [0.05, 0.1) is 22.6 Å². The van der Waals surface area contributed by atoms with E-state index in [2.05, 4.69) is 5.10 Å². The molecule has 1 aliphatic rings. The van der Waals surface area contributed by atoms with Crippen molar-refractivity contribution in [2.24, 2.45) is 5.10 Å². The fourth-order valence-electron chi connectivity index (χ4n) is 2.26. The van der Waals surface area contributed by atoms with Crippen LogP contribution in [0.5, 0.6) is 0 Å². The number of hydrogen-bond acceptors (Lipinski definition) is 7. The molecular weight excluding hydrogens is 360 g/mol. The highest BCUT2D eigenvalue weighted by molar-refractivity contribution is 7.85.